The summed E-state index contributed by atoms with van der Waals surface area (Å²) in [7, 11) is -4.99. The first-order chi connectivity index (χ1) is 14.7. The number of aromatic amines is 1. The number of thiophene rings is 1. The van der Waals surface area contributed by atoms with Crippen LogP contribution in [0.4, 0.5) is 26.3 Å². The van der Waals surface area contributed by atoms with Crippen LogP contribution in [-0.4, -0.2) is 31.0 Å². The van der Waals surface area contributed by atoms with E-state index >= 15 is 0 Å². The summed E-state index contributed by atoms with van der Waals surface area (Å²) in [5.41, 5.74) is -2.92. The molecule has 0 bridgehead atoms. The van der Waals surface area contributed by atoms with Crippen molar-refractivity contribution in [3.05, 3.63) is 64.6 Å². The highest BCUT2D eigenvalue weighted by molar-refractivity contribution is 7.90. The Morgan fingerprint density at radius 2 is 1.81 bits per heavy atom. The molecule has 1 unspecified atom stereocenters. The minimum Gasteiger partial charge on any atom is -0.277 e. The van der Waals surface area contributed by atoms with Gasteiger partial charge in [-0.1, -0.05) is 12.1 Å². The molecule has 4 rings (SSSR count). The van der Waals surface area contributed by atoms with Crippen LogP contribution in [0.15, 0.2) is 59.0 Å². The Bertz CT molecular complexity index is 1350. The molecule has 1 aliphatic carbocycles. The summed E-state index contributed by atoms with van der Waals surface area (Å²) in [6.07, 6.45) is -11.6. The Balaban J connectivity index is 2.01. The Morgan fingerprint density at radius 1 is 1.09 bits per heavy atom. The minimum absolute atomic E-state index is 0.0864. The number of primary sulfonamides is 1. The molecule has 0 aliphatic heterocycles. The lowest BCUT2D eigenvalue weighted by Crippen LogP contribution is -2.43. The van der Waals surface area contributed by atoms with Gasteiger partial charge in [0.2, 0.25) is 10.0 Å². The monoisotopic (exact) mass is 493 g/mol. The van der Waals surface area contributed by atoms with Crippen LogP contribution < -0.4 is 5.14 Å². The average Bonchev–Trinajstić information content (AvgIpc) is 3.34. The van der Waals surface area contributed by atoms with Gasteiger partial charge in [-0.05, 0) is 41.3 Å². The molecule has 3 aromatic rings. The van der Waals surface area contributed by atoms with Gasteiger partial charge in [-0.2, -0.15) is 31.4 Å². The fourth-order valence-corrected chi connectivity index (χ4v) is 5.45. The molecule has 0 saturated carbocycles. The number of allylic oxidation sites excluding steroid dienone is 3. The van der Waals surface area contributed by atoms with E-state index in [1.165, 1.54) is 23.5 Å². The number of hydrogen-bond donors (Lipinski definition) is 2. The summed E-state index contributed by atoms with van der Waals surface area (Å²) in [5, 5.41) is 14.2. The van der Waals surface area contributed by atoms with Crippen molar-refractivity contribution in [3.63, 3.8) is 0 Å². The van der Waals surface area contributed by atoms with Gasteiger partial charge in [0.05, 0.1) is 16.0 Å². The Kier molecular flexibility index (Phi) is 5.06. The number of benzene rings is 1. The summed E-state index contributed by atoms with van der Waals surface area (Å²) in [6, 6.07) is 7.13. The van der Waals surface area contributed by atoms with Crippen LogP contribution in [-0.2, 0) is 14.8 Å². The lowest BCUT2D eigenvalue weighted by atomic mass is 9.83. The number of alkyl halides is 6. The fraction of sp³-hybridized carbons (Fsp3) is 0.211. The number of nitrogens with two attached hydrogens (primary N) is 1. The summed E-state index contributed by atoms with van der Waals surface area (Å²) < 4.78 is 103. The van der Waals surface area contributed by atoms with Crippen LogP contribution in [0.1, 0.15) is 12.0 Å². The summed E-state index contributed by atoms with van der Waals surface area (Å²) in [4.78, 5) is 0.670. The van der Waals surface area contributed by atoms with Crippen LogP contribution in [0, 0.1) is 0 Å². The molecule has 0 spiro atoms. The molecule has 3 N–H and O–H groups in total. The van der Waals surface area contributed by atoms with Gasteiger partial charge in [0, 0.05) is 17.4 Å². The van der Waals surface area contributed by atoms with Crippen LogP contribution in [0.2, 0.25) is 0 Å². The molecule has 2 aromatic heterocycles. The maximum Gasteiger partial charge on any atom is 0.416 e. The van der Waals surface area contributed by atoms with Crippen molar-refractivity contribution >= 4 is 32.3 Å². The third-order valence-corrected chi connectivity index (χ3v) is 7.57. The first-order valence-corrected chi connectivity index (χ1v) is 11.3. The van der Waals surface area contributed by atoms with E-state index in [-0.39, 0.29) is 17.7 Å². The predicted molar refractivity (Wildman–Crippen MR) is 107 cm³/mol. The van der Waals surface area contributed by atoms with Gasteiger partial charge in [0.15, 0.2) is 0 Å². The van der Waals surface area contributed by atoms with Crippen molar-refractivity contribution in [2.45, 2.75) is 23.5 Å². The molecule has 1 atom stereocenters. The second-order valence-electron chi connectivity index (χ2n) is 7.19. The lowest BCUT2D eigenvalue weighted by molar-refractivity contribution is -0.0996. The smallest absolute Gasteiger partial charge is 0.277 e. The first kappa shape index (κ1) is 22.6. The van der Waals surface area contributed by atoms with E-state index in [9.17, 15) is 34.8 Å². The zero-order valence-corrected chi connectivity index (χ0v) is 17.4. The highest BCUT2D eigenvalue weighted by atomic mass is 32.2. The van der Waals surface area contributed by atoms with Gasteiger partial charge in [-0.15, -0.1) is 11.3 Å². The number of hydrogen-bond acceptors (Lipinski definition) is 4. The number of rotatable bonds is 3. The SMILES string of the molecule is NS(=O)(=O)C1(c2ccc3[nH]nc(-c4cccs4)c3c2)C=C(C(F)(F)F)C=C(C(F)(F)F)C1. The van der Waals surface area contributed by atoms with E-state index in [0.717, 1.165) is 6.07 Å². The maximum absolute atomic E-state index is 13.5. The van der Waals surface area contributed by atoms with E-state index in [0.29, 0.717) is 21.5 Å². The van der Waals surface area contributed by atoms with Gasteiger partial charge >= 0.3 is 12.4 Å². The van der Waals surface area contributed by atoms with Gasteiger partial charge in [0.25, 0.3) is 0 Å². The Hall–Kier alpha value is -2.64. The van der Waals surface area contributed by atoms with E-state index in [2.05, 4.69) is 10.2 Å². The van der Waals surface area contributed by atoms with Gasteiger partial charge in [0.1, 0.15) is 10.4 Å². The zero-order valence-electron chi connectivity index (χ0n) is 15.8. The van der Waals surface area contributed by atoms with Crippen molar-refractivity contribution in [1.82, 2.24) is 10.2 Å². The van der Waals surface area contributed by atoms with Crippen LogP contribution >= 0.6 is 11.3 Å². The number of nitrogens with zero attached hydrogens (tertiary/aromatic N) is 1. The van der Waals surface area contributed by atoms with Crippen molar-refractivity contribution in [3.8, 4) is 10.6 Å². The van der Waals surface area contributed by atoms with Crippen molar-refractivity contribution in [2.75, 3.05) is 0 Å². The van der Waals surface area contributed by atoms with E-state index in [1.54, 1.807) is 17.5 Å². The molecule has 170 valence electrons. The summed E-state index contributed by atoms with van der Waals surface area (Å²) in [5.74, 6) is 0. The Labute approximate surface area is 181 Å². The molecule has 32 heavy (non-hydrogen) atoms. The predicted octanol–water partition coefficient (Wildman–Crippen LogP) is 5.16. The number of nitrogens with one attached hydrogen (secondary N) is 1. The number of sulfonamides is 1. The van der Waals surface area contributed by atoms with Crippen molar-refractivity contribution in [1.29, 1.82) is 0 Å². The van der Waals surface area contributed by atoms with E-state index in [1.807, 2.05) is 0 Å². The molecule has 0 radical (unpaired) electrons. The molecular weight excluding hydrogens is 480 g/mol. The minimum atomic E-state index is -5.23. The maximum atomic E-state index is 13.5. The largest absolute Gasteiger partial charge is 0.416 e. The molecule has 13 heteroatoms. The van der Waals surface area contributed by atoms with Crippen molar-refractivity contribution in [2.24, 2.45) is 5.14 Å². The normalized spacial score (nSPS) is 20.3. The second kappa shape index (κ2) is 7.18. The number of halogens is 6. The lowest BCUT2D eigenvalue weighted by Gasteiger charge is -2.34. The zero-order chi connectivity index (χ0) is 23.5. The first-order valence-electron chi connectivity index (χ1n) is 8.85. The van der Waals surface area contributed by atoms with E-state index < -0.39 is 44.7 Å². The summed E-state index contributed by atoms with van der Waals surface area (Å²) in [6.45, 7) is 0. The molecule has 1 aromatic carbocycles. The van der Waals surface area contributed by atoms with Gasteiger partial charge < -0.3 is 0 Å². The highest BCUT2D eigenvalue weighted by Crippen LogP contribution is 2.49. The number of H-pyrrole nitrogens is 1. The van der Waals surface area contributed by atoms with Crippen LogP contribution in [0.5, 0.6) is 0 Å². The third-order valence-electron chi connectivity index (χ3n) is 5.18. The van der Waals surface area contributed by atoms with Crippen LogP contribution in [0.3, 0.4) is 0 Å². The van der Waals surface area contributed by atoms with Crippen molar-refractivity contribution < 1.29 is 34.8 Å². The molecule has 0 fully saturated rings. The fourth-order valence-electron chi connectivity index (χ4n) is 3.62. The standard InChI is InChI=1S/C19H13F6N3O2S2/c20-18(21,22)11-6-12(19(23,24)25)9-17(8-11,32(26,29)30)10-3-4-14-13(7-10)16(28-27-14)15-2-1-5-31-15/h1-8H,9H2,(H,27,28)(H2,26,29,30). The van der Waals surface area contributed by atoms with Crippen LogP contribution in [0.25, 0.3) is 21.5 Å². The Morgan fingerprint density at radius 3 is 2.38 bits per heavy atom. The molecule has 5 nitrogen and oxygen atoms in total. The second-order valence-corrected chi connectivity index (χ2v) is 9.95. The number of aromatic nitrogens is 2. The molecule has 0 saturated heterocycles. The number of fused-ring (bicyclic) bond motifs is 1. The molecule has 1 aliphatic rings. The average molecular weight is 493 g/mol. The molecule has 0 amide bonds. The highest BCUT2D eigenvalue weighted by Gasteiger charge is 2.52. The van der Waals surface area contributed by atoms with Gasteiger partial charge in [-0.25, -0.2) is 13.6 Å². The van der Waals surface area contributed by atoms with E-state index in [4.69, 9.17) is 5.14 Å². The third kappa shape index (κ3) is 3.73. The molecular formula is C19H13F6N3O2S2. The quantitative estimate of drug-likeness (QED) is 0.495. The topological polar surface area (TPSA) is 88.8 Å². The summed E-state index contributed by atoms with van der Waals surface area (Å²) >= 11 is 1.31. The molecule has 2 heterocycles. The van der Waals surface area contributed by atoms with Gasteiger partial charge in [-0.3, -0.25) is 5.10 Å².